The summed E-state index contributed by atoms with van der Waals surface area (Å²) >= 11 is 3.55. The number of halogens is 1. The van der Waals surface area contributed by atoms with Crippen LogP contribution in [0.15, 0.2) is 28.9 Å². The third-order valence-electron chi connectivity index (χ3n) is 4.26. The van der Waals surface area contributed by atoms with Gasteiger partial charge in [-0.05, 0) is 19.2 Å². The number of aldehydes is 1. The van der Waals surface area contributed by atoms with Gasteiger partial charge < -0.3 is 9.47 Å². The van der Waals surface area contributed by atoms with Crippen LogP contribution in [0.5, 0.6) is 0 Å². The van der Waals surface area contributed by atoms with E-state index in [9.17, 15) is 4.79 Å². The molecule has 1 aromatic heterocycles. The number of benzene rings is 1. The van der Waals surface area contributed by atoms with E-state index < -0.39 is 0 Å². The van der Waals surface area contributed by atoms with E-state index >= 15 is 0 Å². The summed E-state index contributed by atoms with van der Waals surface area (Å²) in [4.78, 5) is 16.1. The second-order valence-electron chi connectivity index (χ2n) is 5.67. The Kier molecular flexibility index (Phi) is 4.42. The molecule has 2 aromatic rings. The van der Waals surface area contributed by atoms with Crippen LogP contribution in [-0.2, 0) is 6.54 Å². The summed E-state index contributed by atoms with van der Waals surface area (Å²) in [6.45, 7) is 6.47. The fraction of sp³-hybridized carbons (Fsp3) is 0.438. The van der Waals surface area contributed by atoms with Gasteiger partial charge in [-0.1, -0.05) is 22.0 Å². The standard InChI is InChI=1S/C16H20BrN3O/c1-18-5-7-19(8-6-18)9-10-20-11-13(12-21)16-14(17)3-2-4-15(16)20/h2-4,11-12H,5-10H2,1H3. The van der Waals surface area contributed by atoms with Crippen LogP contribution >= 0.6 is 15.9 Å². The van der Waals surface area contributed by atoms with Crippen LogP contribution in [0.1, 0.15) is 10.4 Å². The molecule has 0 amide bonds. The predicted octanol–water partition coefficient (Wildman–Crippen LogP) is 2.46. The van der Waals surface area contributed by atoms with Crippen LogP contribution in [0.2, 0.25) is 0 Å². The SMILES string of the molecule is CN1CCN(CCn2cc(C=O)c3c(Br)cccc32)CC1. The number of carbonyl (C=O) groups is 1. The van der Waals surface area contributed by atoms with E-state index in [0.717, 1.165) is 66.5 Å². The molecule has 5 heteroatoms. The van der Waals surface area contributed by atoms with Crippen LogP contribution in [0, 0.1) is 0 Å². The Morgan fingerprint density at radius 2 is 1.95 bits per heavy atom. The Hall–Kier alpha value is -1.17. The first-order valence-electron chi connectivity index (χ1n) is 7.32. The van der Waals surface area contributed by atoms with Gasteiger partial charge in [0.05, 0.1) is 0 Å². The number of carbonyl (C=O) groups excluding carboxylic acids is 1. The lowest BCUT2D eigenvalue weighted by Gasteiger charge is -2.32. The van der Waals surface area contributed by atoms with Gasteiger partial charge in [-0.2, -0.15) is 0 Å². The van der Waals surface area contributed by atoms with Crippen molar-refractivity contribution in [2.45, 2.75) is 6.54 Å². The van der Waals surface area contributed by atoms with Crippen molar-refractivity contribution in [1.82, 2.24) is 14.4 Å². The van der Waals surface area contributed by atoms with Gasteiger partial charge in [0.25, 0.3) is 0 Å². The number of nitrogens with zero attached hydrogens (tertiary/aromatic N) is 3. The highest BCUT2D eigenvalue weighted by Gasteiger charge is 2.15. The van der Waals surface area contributed by atoms with Gasteiger partial charge in [-0.3, -0.25) is 9.69 Å². The number of piperazine rings is 1. The molecule has 2 heterocycles. The van der Waals surface area contributed by atoms with E-state index in [1.54, 1.807) is 0 Å². The van der Waals surface area contributed by atoms with Crippen molar-refractivity contribution in [3.63, 3.8) is 0 Å². The maximum atomic E-state index is 11.3. The van der Waals surface area contributed by atoms with Crippen molar-refractivity contribution in [3.05, 3.63) is 34.4 Å². The molecular weight excluding hydrogens is 330 g/mol. The topological polar surface area (TPSA) is 28.5 Å². The predicted molar refractivity (Wildman–Crippen MR) is 89.0 cm³/mol. The van der Waals surface area contributed by atoms with Crippen molar-refractivity contribution < 1.29 is 4.79 Å². The van der Waals surface area contributed by atoms with Gasteiger partial charge >= 0.3 is 0 Å². The van der Waals surface area contributed by atoms with Crippen LogP contribution in [0.25, 0.3) is 10.9 Å². The molecule has 1 fully saturated rings. The first-order valence-corrected chi connectivity index (χ1v) is 8.12. The van der Waals surface area contributed by atoms with Gasteiger partial charge in [-0.15, -0.1) is 0 Å². The molecule has 1 aromatic carbocycles. The lowest BCUT2D eigenvalue weighted by atomic mass is 10.2. The normalized spacial score (nSPS) is 17.4. The molecule has 112 valence electrons. The summed E-state index contributed by atoms with van der Waals surface area (Å²) < 4.78 is 3.18. The van der Waals surface area contributed by atoms with E-state index in [-0.39, 0.29) is 0 Å². The minimum absolute atomic E-state index is 0.760. The Bertz CT molecular complexity index is 644. The maximum Gasteiger partial charge on any atom is 0.152 e. The van der Waals surface area contributed by atoms with Crippen molar-refractivity contribution in [2.75, 3.05) is 39.8 Å². The second-order valence-corrected chi connectivity index (χ2v) is 6.53. The number of likely N-dealkylation sites (N-methyl/N-ethyl adjacent to an activating group) is 1. The van der Waals surface area contributed by atoms with Crippen molar-refractivity contribution in [3.8, 4) is 0 Å². The Morgan fingerprint density at radius 3 is 2.67 bits per heavy atom. The fourth-order valence-corrected chi connectivity index (χ4v) is 3.52. The summed E-state index contributed by atoms with van der Waals surface area (Å²) in [5.74, 6) is 0. The van der Waals surface area contributed by atoms with Gasteiger partial charge in [0, 0.05) is 66.4 Å². The van der Waals surface area contributed by atoms with Gasteiger partial charge in [-0.25, -0.2) is 0 Å². The number of hydrogen-bond acceptors (Lipinski definition) is 3. The highest BCUT2D eigenvalue weighted by molar-refractivity contribution is 9.10. The summed E-state index contributed by atoms with van der Waals surface area (Å²) in [6.07, 6.45) is 2.91. The minimum Gasteiger partial charge on any atom is -0.345 e. The molecule has 0 spiro atoms. The molecule has 0 atom stereocenters. The molecule has 1 aliphatic rings. The molecule has 0 unspecified atom stereocenters. The Balaban J connectivity index is 1.78. The van der Waals surface area contributed by atoms with Gasteiger partial charge in [0.2, 0.25) is 0 Å². The number of hydrogen-bond donors (Lipinski definition) is 0. The lowest BCUT2D eigenvalue weighted by molar-refractivity contribution is 0.112. The zero-order valence-electron chi connectivity index (χ0n) is 12.3. The number of rotatable bonds is 4. The van der Waals surface area contributed by atoms with Gasteiger partial charge in [0.15, 0.2) is 6.29 Å². The molecule has 4 nitrogen and oxygen atoms in total. The smallest absolute Gasteiger partial charge is 0.152 e. The average molecular weight is 350 g/mol. The second kappa shape index (κ2) is 6.30. The Morgan fingerprint density at radius 1 is 1.19 bits per heavy atom. The molecule has 0 N–H and O–H groups in total. The molecule has 1 saturated heterocycles. The largest absolute Gasteiger partial charge is 0.345 e. The highest BCUT2D eigenvalue weighted by Crippen LogP contribution is 2.28. The maximum absolute atomic E-state index is 11.3. The quantitative estimate of drug-likeness (QED) is 0.794. The summed E-state index contributed by atoms with van der Waals surface area (Å²) in [5.41, 5.74) is 1.89. The van der Waals surface area contributed by atoms with Crippen LogP contribution in [0.3, 0.4) is 0 Å². The van der Waals surface area contributed by atoms with Crippen LogP contribution < -0.4 is 0 Å². The van der Waals surface area contributed by atoms with Crippen molar-refractivity contribution in [1.29, 1.82) is 0 Å². The molecule has 1 aliphatic heterocycles. The van der Waals surface area contributed by atoms with Crippen molar-refractivity contribution >= 4 is 33.1 Å². The lowest BCUT2D eigenvalue weighted by Crippen LogP contribution is -2.45. The first kappa shape index (κ1) is 14.8. The molecule has 21 heavy (non-hydrogen) atoms. The molecule has 0 aliphatic carbocycles. The monoisotopic (exact) mass is 349 g/mol. The zero-order chi connectivity index (χ0) is 14.8. The molecule has 0 radical (unpaired) electrons. The molecule has 0 saturated carbocycles. The van der Waals surface area contributed by atoms with E-state index in [4.69, 9.17) is 0 Å². The number of aromatic nitrogens is 1. The van der Waals surface area contributed by atoms with Crippen molar-refractivity contribution in [2.24, 2.45) is 0 Å². The van der Waals surface area contributed by atoms with E-state index in [0.29, 0.717) is 0 Å². The third-order valence-corrected chi connectivity index (χ3v) is 4.93. The van der Waals surface area contributed by atoms with Crippen LogP contribution in [-0.4, -0.2) is 60.4 Å². The summed E-state index contributed by atoms with van der Waals surface area (Å²) in [6, 6.07) is 6.09. The summed E-state index contributed by atoms with van der Waals surface area (Å²) in [7, 11) is 2.17. The summed E-state index contributed by atoms with van der Waals surface area (Å²) in [5, 5.41) is 1.02. The van der Waals surface area contributed by atoms with E-state index in [2.05, 4.69) is 43.4 Å². The van der Waals surface area contributed by atoms with E-state index in [1.165, 1.54) is 0 Å². The number of fused-ring (bicyclic) bond motifs is 1. The molecule has 3 rings (SSSR count). The molecule has 0 bridgehead atoms. The van der Waals surface area contributed by atoms with Gasteiger partial charge in [0.1, 0.15) is 0 Å². The fourth-order valence-electron chi connectivity index (χ4n) is 2.93. The zero-order valence-corrected chi connectivity index (χ0v) is 13.8. The Labute approximate surface area is 133 Å². The minimum atomic E-state index is 0.760. The van der Waals surface area contributed by atoms with E-state index in [1.807, 2.05) is 18.3 Å². The third kappa shape index (κ3) is 3.05. The van der Waals surface area contributed by atoms with Crippen LogP contribution in [0.4, 0.5) is 0 Å². The highest BCUT2D eigenvalue weighted by atomic mass is 79.9. The molecular formula is C16H20BrN3O. The average Bonchev–Trinajstić information content (AvgIpc) is 2.86. The first-order chi connectivity index (χ1) is 10.2.